The number of rotatable bonds is 4. The third-order valence-electron chi connectivity index (χ3n) is 5.60. The van der Waals surface area contributed by atoms with Gasteiger partial charge in [0.2, 0.25) is 0 Å². The van der Waals surface area contributed by atoms with Crippen molar-refractivity contribution in [2.24, 2.45) is 0 Å². The molecule has 150 valence electrons. The van der Waals surface area contributed by atoms with E-state index < -0.39 is 0 Å². The summed E-state index contributed by atoms with van der Waals surface area (Å²) in [7, 11) is 0. The van der Waals surface area contributed by atoms with E-state index >= 15 is 0 Å². The number of thiocarbonyl (C=S) groups is 1. The smallest absolute Gasteiger partial charge is 0.174 e. The molecule has 0 saturated carbocycles. The van der Waals surface area contributed by atoms with E-state index in [1.165, 1.54) is 17.0 Å². The number of phenolic OH excluding ortho intramolecular Hbond substituents is 1. The van der Waals surface area contributed by atoms with E-state index in [4.69, 9.17) is 12.2 Å². The average molecular weight is 407 g/mol. The summed E-state index contributed by atoms with van der Waals surface area (Å²) in [6.07, 6.45) is 1.80. The summed E-state index contributed by atoms with van der Waals surface area (Å²) >= 11 is 5.74. The molecule has 3 heterocycles. The summed E-state index contributed by atoms with van der Waals surface area (Å²) in [6, 6.07) is 15.6. The van der Waals surface area contributed by atoms with Gasteiger partial charge in [-0.3, -0.25) is 4.98 Å². The lowest BCUT2D eigenvalue weighted by Gasteiger charge is -2.28. The molecule has 1 fully saturated rings. The fourth-order valence-electron chi connectivity index (χ4n) is 4.49. The van der Waals surface area contributed by atoms with Gasteiger partial charge in [0.15, 0.2) is 5.11 Å². The Labute approximate surface area is 177 Å². The zero-order valence-corrected chi connectivity index (χ0v) is 17.9. The van der Waals surface area contributed by atoms with Crippen molar-refractivity contribution >= 4 is 23.0 Å². The van der Waals surface area contributed by atoms with Crippen LogP contribution in [0.4, 0.5) is 5.69 Å². The van der Waals surface area contributed by atoms with Gasteiger partial charge in [0.1, 0.15) is 5.75 Å². The lowest BCUT2D eigenvalue weighted by atomic mass is 9.96. The molecule has 1 aromatic carbocycles. The van der Waals surface area contributed by atoms with Gasteiger partial charge >= 0.3 is 0 Å². The van der Waals surface area contributed by atoms with Crippen molar-refractivity contribution in [1.29, 1.82) is 0 Å². The van der Waals surface area contributed by atoms with Gasteiger partial charge in [0, 0.05) is 23.6 Å². The number of pyridine rings is 1. The van der Waals surface area contributed by atoms with Gasteiger partial charge in [0.25, 0.3) is 0 Å². The minimum Gasteiger partial charge on any atom is -0.506 e. The van der Waals surface area contributed by atoms with Crippen LogP contribution in [0.1, 0.15) is 54.6 Å². The standard InChI is InChI=1S/C23H26N4OS/c1-14(2)26-15(3)13-17(16(26)4)22-21(18-9-7-8-12-24-18)25-23(29)27(22)19-10-5-6-11-20(19)28/h5-14,21-22,28H,1-4H3,(H,25,29)/t21-,22+/m0/s1. The molecule has 0 aliphatic carbocycles. The molecule has 3 aromatic rings. The number of nitrogens with one attached hydrogen (secondary N) is 1. The highest BCUT2D eigenvalue weighted by atomic mass is 32.1. The molecule has 0 bridgehead atoms. The Morgan fingerprint density at radius 1 is 1.10 bits per heavy atom. The molecule has 4 rings (SSSR count). The highest BCUT2D eigenvalue weighted by Crippen LogP contribution is 2.45. The van der Waals surface area contributed by atoms with Crippen LogP contribution in [-0.4, -0.2) is 19.8 Å². The molecule has 1 aliphatic heterocycles. The van der Waals surface area contributed by atoms with Crippen LogP contribution < -0.4 is 10.2 Å². The highest BCUT2D eigenvalue weighted by molar-refractivity contribution is 7.80. The van der Waals surface area contributed by atoms with Crippen molar-refractivity contribution in [3.8, 4) is 5.75 Å². The Hall–Kier alpha value is -2.86. The predicted octanol–water partition coefficient (Wildman–Crippen LogP) is 4.96. The number of hydrogen-bond donors (Lipinski definition) is 2. The Bertz CT molecular complexity index is 1040. The first-order valence-electron chi connectivity index (χ1n) is 9.87. The minimum absolute atomic E-state index is 0.121. The van der Waals surface area contributed by atoms with Gasteiger partial charge in [-0.2, -0.15) is 0 Å². The van der Waals surface area contributed by atoms with E-state index in [0.717, 1.165) is 5.69 Å². The fourth-order valence-corrected chi connectivity index (χ4v) is 4.83. The number of phenols is 1. The average Bonchev–Trinajstić information content (AvgIpc) is 3.18. The summed E-state index contributed by atoms with van der Waals surface area (Å²) in [5.41, 5.74) is 5.22. The van der Waals surface area contributed by atoms with E-state index in [9.17, 15) is 5.11 Å². The Morgan fingerprint density at radius 2 is 1.83 bits per heavy atom. The lowest BCUT2D eigenvalue weighted by Crippen LogP contribution is -2.29. The van der Waals surface area contributed by atoms with Gasteiger partial charge in [-0.1, -0.05) is 18.2 Å². The van der Waals surface area contributed by atoms with Crippen LogP contribution >= 0.6 is 12.2 Å². The topological polar surface area (TPSA) is 53.3 Å². The molecule has 5 nitrogen and oxygen atoms in total. The summed E-state index contributed by atoms with van der Waals surface area (Å²) in [6.45, 7) is 8.68. The molecule has 2 N–H and O–H groups in total. The Balaban J connectivity index is 1.92. The molecule has 29 heavy (non-hydrogen) atoms. The number of aromatic hydroxyl groups is 1. The zero-order valence-electron chi connectivity index (χ0n) is 17.1. The van der Waals surface area contributed by atoms with E-state index in [1.54, 1.807) is 12.3 Å². The Kier molecular flexibility index (Phi) is 5.04. The molecule has 0 spiro atoms. The first-order valence-corrected chi connectivity index (χ1v) is 10.3. The zero-order chi connectivity index (χ0) is 20.7. The molecular weight excluding hydrogens is 380 g/mol. The maximum absolute atomic E-state index is 10.6. The molecule has 0 radical (unpaired) electrons. The molecule has 1 saturated heterocycles. The molecule has 6 heteroatoms. The molecule has 1 aliphatic rings. The largest absolute Gasteiger partial charge is 0.506 e. The Morgan fingerprint density at radius 3 is 2.45 bits per heavy atom. The van der Waals surface area contributed by atoms with Crippen LogP contribution in [0, 0.1) is 13.8 Å². The number of hydrogen-bond acceptors (Lipinski definition) is 3. The normalized spacial score (nSPS) is 19.1. The van der Waals surface area contributed by atoms with E-state index in [1.807, 2.05) is 41.3 Å². The summed E-state index contributed by atoms with van der Waals surface area (Å²) in [4.78, 5) is 6.62. The summed E-state index contributed by atoms with van der Waals surface area (Å²) in [5.74, 6) is 0.209. The van der Waals surface area contributed by atoms with Gasteiger partial charge in [-0.05, 0) is 75.8 Å². The van der Waals surface area contributed by atoms with Gasteiger partial charge in [-0.15, -0.1) is 0 Å². The number of nitrogens with zero attached hydrogens (tertiary/aromatic N) is 3. The predicted molar refractivity (Wildman–Crippen MR) is 120 cm³/mol. The number of para-hydroxylation sites is 2. The van der Waals surface area contributed by atoms with E-state index in [2.05, 4.69) is 48.6 Å². The number of anilines is 1. The second-order valence-corrected chi connectivity index (χ2v) is 8.16. The van der Waals surface area contributed by atoms with Crippen LogP contribution in [0.15, 0.2) is 54.7 Å². The van der Waals surface area contributed by atoms with Gasteiger partial charge in [-0.25, -0.2) is 0 Å². The maximum Gasteiger partial charge on any atom is 0.174 e. The minimum atomic E-state index is -0.121. The van der Waals surface area contributed by atoms with E-state index in [-0.39, 0.29) is 17.8 Å². The monoisotopic (exact) mass is 406 g/mol. The van der Waals surface area contributed by atoms with Crippen LogP contribution in [0.5, 0.6) is 5.75 Å². The van der Waals surface area contributed by atoms with Crippen molar-refractivity contribution in [3.05, 3.63) is 77.4 Å². The third kappa shape index (κ3) is 3.27. The maximum atomic E-state index is 10.6. The molecule has 0 unspecified atom stereocenters. The number of aryl methyl sites for hydroxylation is 1. The van der Waals surface area contributed by atoms with Crippen molar-refractivity contribution in [3.63, 3.8) is 0 Å². The molecule has 2 aromatic heterocycles. The van der Waals surface area contributed by atoms with Gasteiger partial charge < -0.3 is 19.9 Å². The van der Waals surface area contributed by atoms with Crippen LogP contribution in [0.25, 0.3) is 0 Å². The summed E-state index contributed by atoms with van der Waals surface area (Å²) in [5, 5.41) is 14.6. The van der Waals surface area contributed by atoms with Gasteiger partial charge in [0.05, 0.1) is 23.5 Å². The van der Waals surface area contributed by atoms with E-state index in [0.29, 0.717) is 16.8 Å². The SMILES string of the molecule is Cc1cc([C@@H]2[C@H](c3ccccn3)NC(=S)N2c2ccccc2O)c(C)n1C(C)C. The second kappa shape index (κ2) is 7.52. The fraction of sp³-hybridized carbons (Fsp3) is 0.304. The van der Waals surface area contributed by atoms with Crippen LogP contribution in [-0.2, 0) is 0 Å². The first-order chi connectivity index (χ1) is 13.9. The second-order valence-electron chi connectivity index (χ2n) is 7.78. The third-order valence-corrected chi connectivity index (χ3v) is 5.91. The first kappa shape index (κ1) is 19.5. The van der Waals surface area contributed by atoms with Crippen LogP contribution in [0.2, 0.25) is 0 Å². The summed E-state index contributed by atoms with van der Waals surface area (Å²) < 4.78 is 2.34. The van der Waals surface area contributed by atoms with Crippen molar-refractivity contribution in [1.82, 2.24) is 14.9 Å². The highest BCUT2D eigenvalue weighted by Gasteiger charge is 2.43. The quantitative estimate of drug-likeness (QED) is 0.600. The molecule has 0 amide bonds. The van der Waals surface area contributed by atoms with Crippen molar-refractivity contribution in [2.45, 2.75) is 45.8 Å². The lowest BCUT2D eigenvalue weighted by molar-refractivity contribution is 0.472. The molecular formula is C23H26N4OS. The number of aromatic nitrogens is 2. The molecule has 2 atom stereocenters. The van der Waals surface area contributed by atoms with Crippen molar-refractivity contribution in [2.75, 3.05) is 4.90 Å². The van der Waals surface area contributed by atoms with Crippen LogP contribution in [0.3, 0.4) is 0 Å². The number of benzene rings is 1. The van der Waals surface area contributed by atoms with Crippen molar-refractivity contribution < 1.29 is 5.11 Å².